The molecule has 0 unspecified atom stereocenters. The lowest BCUT2D eigenvalue weighted by atomic mass is 9.96. The van der Waals surface area contributed by atoms with Gasteiger partial charge >= 0.3 is 0 Å². The van der Waals surface area contributed by atoms with Crippen molar-refractivity contribution >= 4 is 17.4 Å². The Bertz CT molecular complexity index is 805. The van der Waals surface area contributed by atoms with Crippen LogP contribution in [0.1, 0.15) is 32.2 Å². The van der Waals surface area contributed by atoms with E-state index < -0.39 is 0 Å². The van der Waals surface area contributed by atoms with Crippen molar-refractivity contribution in [3.8, 4) is 0 Å². The Morgan fingerprint density at radius 1 is 1.09 bits per heavy atom. The zero-order valence-electron chi connectivity index (χ0n) is 12.9. The van der Waals surface area contributed by atoms with Crippen molar-refractivity contribution in [2.45, 2.75) is 42.6 Å². The van der Waals surface area contributed by atoms with E-state index in [1.165, 1.54) is 0 Å². The summed E-state index contributed by atoms with van der Waals surface area (Å²) in [5.74, 6) is 0.945. The quantitative estimate of drug-likeness (QED) is 0.801. The SMILES string of the molecule is CC(C)(C)c1nnc2ccc(Sc3ccccc3CO)cn12. The molecule has 3 aromatic rings. The summed E-state index contributed by atoms with van der Waals surface area (Å²) in [6.45, 7) is 6.43. The van der Waals surface area contributed by atoms with Crippen molar-refractivity contribution in [1.82, 2.24) is 14.6 Å². The van der Waals surface area contributed by atoms with Crippen LogP contribution in [-0.2, 0) is 12.0 Å². The van der Waals surface area contributed by atoms with Gasteiger partial charge in [0.05, 0.1) is 6.61 Å². The number of aromatic nitrogens is 3. The normalized spacial score (nSPS) is 12.0. The van der Waals surface area contributed by atoms with Crippen molar-refractivity contribution < 1.29 is 5.11 Å². The molecule has 22 heavy (non-hydrogen) atoms. The van der Waals surface area contributed by atoms with Gasteiger partial charge in [-0.1, -0.05) is 50.7 Å². The first kappa shape index (κ1) is 15.1. The Hall–Kier alpha value is -1.85. The van der Waals surface area contributed by atoms with Gasteiger partial charge in [0.25, 0.3) is 0 Å². The molecule has 5 heteroatoms. The lowest BCUT2D eigenvalue weighted by Gasteiger charge is -2.16. The fraction of sp³-hybridized carbons (Fsp3) is 0.294. The highest BCUT2D eigenvalue weighted by atomic mass is 32.2. The molecule has 0 aliphatic carbocycles. The average Bonchev–Trinajstić information content (AvgIpc) is 2.91. The van der Waals surface area contributed by atoms with Gasteiger partial charge in [-0.05, 0) is 23.8 Å². The van der Waals surface area contributed by atoms with Crippen LogP contribution in [0.3, 0.4) is 0 Å². The largest absolute Gasteiger partial charge is 0.392 e. The van der Waals surface area contributed by atoms with Crippen LogP contribution in [0.5, 0.6) is 0 Å². The molecule has 2 aromatic heterocycles. The van der Waals surface area contributed by atoms with Crippen molar-refractivity contribution in [3.05, 3.63) is 54.0 Å². The summed E-state index contributed by atoms with van der Waals surface area (Å²) in [6.07, 6.45) is 2.06. The van der Waals surface area contributed by atoms with E-state index in [4.69, 9.17) is 0 Å². The molecule has 2 heterocycles. The molecular weight excluding hydrogens is 294 g/mol. The number of hydrogen-bond acceptors (Lipinski definition) is 4. The van der Waals surface area contributed by atoms with E-state index in [0.717, 1.165) is 26.8 Å². The number of aliphatic hydroxyl groups is 1. The van der Waals surface area contributed by atoms with E-state index in [-0.39, 0.29) is 12.0 Å². The Morgan fingerprint density at radius 2 is 1.86 bits per heavy atom. The molecule has 0 radical (unpaired) electrons. The lowest BCUT2D eigenvalue weighted by molar-refractivity contribution is 0.279. The van der Waals surface area contributed by atoms with Gasteiger partial charge in [-0.2, -0.15) is 0 Å². The van der Waals surface area contributed by atoms with Gasteiger partial charge < -0.3 is 5.11 Å². The predicted octanol–water partition coefficient (Wildman–Crippen LogP) is 3.67. The Morgan fingerprint density at radius 3 is 2.59 bits per heavy atom. The van der Waals surface area contributed by atoms with Crippen molar-refractivity contribution in [3.63, 3.8) is 0 Å². The lowest BCUT2D eigenvalue weighted by Crippen LogP contribution is -2.15. The summed E-state index contributed by atoms with van der Waals surface area (Å²) >= 11 is 1.64. The van der Waals surface area contributed by atoms with Gasteiger partial charge in [0, 0.05) is 21.4 Å². The molecule has 1 N–H and O–H groups in total. The number of hydrogen-bond donors (Lipinski definition) is 1. The summed E-state index contributed by atoms with van der Waals surface area (Å²) < 4.78 is 2.05. The minimum atomic E-state index is -0.0638. The minimum absolute atomic E-state index is 0.0469. The number of aliphatic hydroxyl groups excluding tert-OH is 1. The number of rotatable bonds is 3. The molecule has 3 rings (SSSR count). The summed E-state index contributed by atoms with van der Waals surface area (Å²) in [5.41, 5.74) is 1.73. The Balaban J connectivity index is 2.01. The topological polar surface area (TPSA) is 50.4 Å². The van der Waals surface area contributed by atoms with Gasteiger partial charge in [-0.15, -0.1) is 10.2 Å². The highest BCUT2D eigenvalue weighted by Crippen LogP contribution is 2.31. The number of pyridine rings is 1. The van der Waals surface area contributed by atoms with Crippen molar-refractivity contribution in [1.29, 1.82) is 0 Å². The number of nitrogens with zero attached hydrogens (tertiary/aromatic N) is 3. The van der Waals surface area contributed by atoms with Crippen molar-refractivity contribution in [2.75, 3.05) is 0 Å². The third kappa shape index (κ3) is 2.87. The molecule has 0 atom stereocenters. The minimum Gasteiger partial charge on any atom is -0.392 e. The van der Waals surface area contributed by atoms with Gasteiger partial charge in [0.2, 0.25) is 0 Å². The molecule has 0 spiro atoms. The number of benzene rings is 1. The maximum atomic E-state index is 9.45. The molecule has 0 amide bonds. The zero-order valence-corrected chi connectivity index (χ0v) is 13.8. The third-order valence-electron chi connectivity index (χ3n) is 3.42. The van der Waals surface area contributed by atoms with E-state index in [1.807, 2.05) is 40.8 Å². The van der Waals surface area contributed by atoms with Crippen LogP contribution in [0.4, 0.5) is 0 Å². The summed E-state index contributed by atoms with van der Waals surface area (Å²) in [7, 11) is 0. The first-order valence-corrected chi connectivity index (χ1v) is 8.02. The average molecular weight is 313 g/mol. The Kier molecular flexibility index (Phi) is 3.93. The van der Waals surface area contributed by atoms with Crippen LogP contribution in [0, 0.1) is 0 Å². The van der Waals surface area contributed by atoms with Gasteiger partial charge in [0.1, 0.15) is 5.82 Å². The van der Waals surface area contributed by atoms with Crippen LogP contribution < -0.4 is 0 Å². The van der Waals surface area contributed by atoms with Crippen molar-refractivity contribution in [2.24, 2.45) is 0 Å². The third-order valence-corrected chi connectivity index (χ3v) is 4.51. The summed E-state index contributed by atoms with van der Waals surface area (Å²) in [4.78, 5) is 2.16. The second-order valence-corrected chi connectivity index (χ2v) is 7.35. The fourth-order valence-corrected chi connectivity index (χ4v) is 3.26. The van der Waals surface area contributed by atoms with Gasteiger partial charge in [-0.25, -0.2) is 0 Å². The highest BCUT2D eigenvalue weighted by Gasteiger charge is 2.20. The summed E-state index contributed by atoms with van der Waals surface area (Å²) in [5, 5.41) is 18.0. The van der Waals surface area contributed by atoms with Crippen LogP contribution >= 0.6 is 11.8 Å². The molecule has 0 aliphatic heterocycles. The molecule has 0 bridgehead atoms. The zero-order chi connectivity index (χ0) is 15.7. The van der Waals surface area contributed by atoms with Gasteiger partial charge in [-0.3, -0.25) is 4.40 Å². The fourth-order valence-electron chi connectivity index (χ4n) is 2.30. The molecule has 0 fully saturated rings. The van der Waals surface area contributed by atoms with E-state index in [9.17, 15) is 5.11 Å². The smallest absolute Gasteiger partial charge is 0.160 e. The maximum Gasteiger partial charge on any atom is 0.160 e. The standard InChI is InChI=1S/C17H19N3OS/c1-17(2,3)16-19-18-15-9-8-13(10-20(15)16)22-14-7-5-4-6-12(14)11-21/h4-10,21H,11H2,1-3H3. The first-order valence-electron chi connectivity index (χ1n) is 7.21. The monoisotopic (exact) mass is 313 g/mol. The molecule has 1 aromatic carbocycles. The van der Waals surface area contributed by atoms with Crippen LogP contribution in [0.15, 0.2) is 52.4 Å². The molecule has 0 aliphatic rings. The first-order chi connectivity index (χ1) is 10.5. The van der Waals surface area contributed by atoms with E-state index in [1.54, 1.807) is 11.8 Å². The molecule has 4 nitrogen and oxygen atoms in total. The van der Waals surface area contributed by atoms with E-state index in [0.29, 0.717) is 0 Å². The van der Waals surface area contributed by atoms with Gasteiger partial charge in [0.15, 0.2) is 5.65 Å². The predicted molar refractivity (Wildman–Crippen MR) is 88.2 cm³/mol. The molecule has 114 valence electrons. The second-order valence-electron chi connectivity index (χ2n) is 6.23. The highest BCUT2D eigenvalue weighted by molar-refractivity contribution is 7.99. The van der Waals surface area contributed by atoms with Crippen LogP contribution in [0.25, 0.3) is 5.65 Å². The van der Waals surface area contributed by atoms with E-state index >= 15 is 0 Å². The summed E-state index contributed by atoms with van der Waals surface area (Å²) in [6, 6.07) is 11.9. The maximum absolute atomic E-state index is 9.45. The van der Waals surface area contributed by atoms with Crippen LogP contribution in [-0.4, -0.2) is 19.7 Å². The molecule has 0 saturated heterocycles. The Labute approximate surface area is 134 Å². The van der Waals surface area contributed by atoms with E-state index in [2.05, 4.69) is 37.2 Å². The molecule has 0 saturated carbocycles. The molecular formula is C17H19N3OS. The number of fused-ring (bicyclic) bond motifs is 1. The second kappa shape index (κ2) is 5.74. The van der Waals surface area contributed by atoms with Crippen LogP contribution in [0.2, 0.25) is 0 Å².